The van der Waals surface area contributed by atoms with Crippen molar-refractivity contribution in [3.8, 4) is 5.75 Å². The molecule has 1 aliphatic carbocycles. The molecule has 0 aromatic heterocycles. The normalized spacial score (nSPS) is 23.2. The summed E-state index contributed by atoms with van der Waals surface area (Å²) in [5.74, 6) is 2.46. The van der Waals surface area contributed by atoms with Crippen molar-refractivity contribution < 1.29 is 9.47 Å². The fraction of sp³-hybridized carbons (Fsp3) is 0.600. The Morgan fingerprint density at radius 2 is 2.16 bits per heavy atom. The van der Waals surface area contributed by atoms with Crippen LogP contribution in [0.1, 0.15) is 24.9 Å². The SMILES string of the molecule is CNC(c1ccc(OCCOC)c(Br)c1)C1CC1C. The van der Waals surface area contributed by atoms with Gasteiger partial charge in [0.1, 0.15) is 12.4 Å². The number of hydrogen-bond acceptors (Lipinski definition) is 3. The van der Waals surface area contributed by atoms with E-state index in [1.54, 1.807) is 7.11 Å². The standard InChI is InChI=1S/C15H22BrNO2/c1-10-8-12(10)15(17-2)11-4-5-14(13(16)9-11)19-7-6-18-3/h4-5,9-10,12,15,17H,6-8H2,1-3H3. The van der Waals surface area contributed by atoms with Gasteiger partial charge in [-0.15, -0.1) is 0 Å². The first-order valence-electron chi connectivity index (χ1n) is 6.75. The molecule has 3 atom stereocenters. The topological polar surface area (TPSA) is 30.5 Å². The lowest BCUT2D eigenvalue weighted by molar-refractivity contribution is 0.146. The summed E-state index contributed by atoms with van der Waals surface area (Å²) in [6, 6.07) is 6.79. The van der Waals surface area contributed by atoms with E-state index in [1.807, 2.05) is 13.1 Å². The molecule has 19 heavy (non-hydrogen) atoms. The molecule has 1 fully saturated rings. The fourth-order valence-corrected chi connectivity index (χ4v) is 3.02. The maximum atomic E-state index is 5.65. The summed E-state index contributed by atoms with van der Waals surface area (Å²) < 4.78 is 11.6. The summed E-state index contributed by atoms with van der Waals surface area (Å²) in [5, 5.41) is 3.43. The number of nitrogens with one attached hydrogen (secondary N) is 1. The highest BCUT2D eigenvalue weighted by molar-refractivity contribution is 9.10. The van der Waals surface area contributed by atoms with Crippen LogP contribution in [-0.4, -0.2) is 27.4 Å². The molecule has 2 rings (SSSR count). The lowest BCUT2D eigenvalue weighted by Gasteiger charge is -2.18. The van der Waals surface area contributed by atoms with Crippen molar-refractivity contribution in [1.82, 2.24) is 5.32 Å². The minimum absolute atomic E-state index is 0.444. The van der Waals surface area contributed by atoms with E-state index in [2.05, 4.69) is 40.3 Å². The first-order valence-corrected chi connectivity index (χ1v) is 7.55. The Bertz CT molecular complexity index is 425. The van der Waals surface area contributed by atoms with E-state index in [0.29, 0.717) is 19.3 Å². The summed E-state index contributed by atoms with van der Waals surface area (Å²) in [4.78, 5) is 0. The lowest BCUT2D eigenvalue weighted by Crippen LogP contribution is -2.19. The van der Waals surface area contributed by atoms with Gasteiger partial charge in [-0.05, 0) is 58.9 Å². The van der Waals surface area contributed by atoms with Crippen molar-refractivity contribution in [3.05, 3.63) is 28.2 Å². The lowest BCUT2D eigenvalue weighted by atomic mass is 10.0. The Hall–Kier alpha value is -0.580. The first-order chi connectivity index (χ1) is 9.17. The van der Waals surface area contributed by atoms with Crippen LogP contribution in [0.3, 0.4) is 0 Å². The van der Waals surface area contributed by atoms with Crippen molar-refractivity contribution in [2.45, 2.75) is 19.4 Å². The molecule has 0 saturated heterocycles. The Kier molecular flexibility index (Phi) is 5.25. The second-order valence-electron chi connectivity index (χ2n) is 5.17. The van der Waals surface area contributed by atoms with Gasteiger partial charge >= 0.3 is 0 Å². The Labute approximate surface area is 123 Å². The molecule has 0 bridgehead atoms. The quantitative estimate of drug-likeness (QED) is 0.778. The molecule has 1 aliphatic rings. The molecule has 1 aromatic carbocycles. The number of hydrogen-bond donors (Lipinski definition) is 1. The molecule has 0 spiro atoms. The second kappa shape index (κ2) is 6.73. The van der Waals surface area contributed by atoms with Crippen LogP contribution in [0.15, 0.2) is 22.7 Å². The molecular formula is C15H22BrNO2. The van der Waals surface area contributed by atoms with Gasteiger partial charge in [0.15, 0.2) is 0 Å². The van der Waals surface area contributed by atoms with E-state index < -0.39 is 0 Å². The van der Waals surface area contributed by atoms with Gasteiger partial charge in [-0.3, -0.25) is 0 Å². The molecule has 1 N–H and O–H groups in total. The second-order valence-corrected chi connectivity index (χ2v) is 6.03. The molecule has 0 radical (unpaired) electrons. The van der Waals surface area contributed by atoms with E-state index in [4.69, 9.17) is 9.47 Å². The van der Waals surface area contributed by atoms with Crippen LogP contribution in [0.25, 0.3) is 0 Å². The smallest absolute Gasteiger partial charge is 0.133 e. The number of halogens is 1. The van der Waals surface area contributed by atoms with Crippen LogP contribution in [-0.2, 0) is 4.74 Å². The molecular weight excluding hydrogens is 306 g/mol. The summed E-state index contributed by atoms with van der Waals surface area (Å²) >= 11 is 3.59. The number of methoxy groups -OCH3 is 1. The maximum Gasteiger partial charge on any atom is 0.133 e. The Morgan fingerprint density at radius 3 is 2.68 bits per heavy atom. The molecule has 3 nitrogen and oxygen atoms in total. The van der Waals surface area contributed by atoms with Crippen molar-refractivity contribution >= 4 is 15.9 Å². The van der Waals surface area contributed by atoms with Crippen molar-refractivity contribution in [2.24, 2.45) is 11.8 Å². The zero-order valence-electron chi connectivity index (χ0n) is 11.8. The van der Waals surface area contributed by atoms with Gasteiger partial charge in [0, 0.05) is 13.2 Å². The van der Waals surface area contributed by atoms with E-state index >= 15 is 0 Å². The van der Waals surface area contributed by atoms with Crippen molar-refractivity contribution in [3.63, 3.8) is 0 Å². The minimum atomic E-state index is 0.444. The number of benzene rings is 1. The van der Waals surface area contributed by atoms with E-state index in [-0.39, 0.29) is 0 Å². The monoisotopic (exact) mass is 327 g/mol. The zero-order valence-corrected chi connectivity index (χ0v) is 13.4. The molecule has 0 heterocycles. The summed E-state index contributed by atoms with van der Waals surface area (Å²) in [5.41, 5.74) is 1.32. The fourth-order valence-electron chi connectivity index (χ4n) is 2.51. The predicted molar refractivity (Wildman–Crippen MR) is 80.6 cm³/mol. The zero-order chi connectivity index (χ0) is 13.8. The Morgan fingerprint density at radius 1 is 1.42 bits per heavy atom. The molecule has 106 valence electrons. The average molecular weight is 328 g/mol. The predicted octanol–water partition coefficient (Wildman–Crippen LogP) is 3.39. The third kappa shape index (κ3) is 3.71. The molecule has 0 aliphatic heterocycles. The highest BCUT2D eigenvalue weighted by atomic mass is 79.9. The largest absolute Gasteiger partial charge is 0.490 e. The highest BCUT2D eigenvalue weighted by Gasteiger charge is 2.39. The van der Waals surface area contributed by atoms with Crippen LogP contribution in [0.2, 0.25) is 0 Å². The molecule has 1 aromatic rings. The molecule has 0 amide bonds. The average Bonchev–Trinajstić information content (AvgIpc) is 3.10. The first kappa shape index (κ1) is 14.8. The van der Waals surface area contributed by atoms with Gasteiger partial charge in [-0.2, -0.15) is 0 Å². The van der Waals surface area contributed by atoms with Crippen LogP contribution in [0, 0.1) is 11.8 Å². The third-order valence-corrected chi connectivity index (χ3v) is 4.39. The van der Waals surface area contributed by atoms with Crippen LogP contribution >= 0.6 is 15.9 Å². The van der Waals surface area contributed by atoms with Gasteiger partial charge in [-0.1, -0.05) is 13.0 Å². The molecule has 1 saturated carbocycles. The minimum Gasteiger partial charge on any atom is -0.490 e. The summed E-state index contributed by atoms with van der Waals surface area (Å²) in [6.07, 6.45) is 1.31. The summed E-state index contributed by atoms with van der Waals surface area (Å²) in [7, 11) is 3.71. The van der Waals surface area contributed by atoms with Crippen LogP contribution in [0.4, 0.5) is 0 Å². The van der Waals surface area contributed by atoms with Gasteiger partial charge in [0.25, 0.3) is 0 Å². The van der Waals surface area contributed by atoms with Crippen LogP contribution < -0.4 is 10.1 Å². The third-order valence-electron chi connectivity index (χ3n) is 3.77. The van der Waals surface area contributed by atoms with Gasteiger partial charge in [-0.25, -0.2) is 0 Å². The van der Waals surface area contributed by atoms with E-state index in [0.717, 1.165) is 22.1 Å². The molecule has 3 unspecified atom stereocenters. The van der Waals surface area contributed by atoms with Crippen LogP contribution in [0.5, 0.6) is 5.75 Å². The maximum absolute atomic E-state index is 5.65. The summed E-state index contributed by atoms with van der Waals surface area (Å²) in [6.45, 7) is 3.49. The van der Waals surface area contributed by atoms with Gasteiger partial charge < -0.3 is 14.8 Å². The Balaban J connectivity index is 2.04. The van der Waals surface area contributed by atoms with E-state index in [1.165, 1.54) is 12.0 Å². The number of rotatable bonds is 7. The van der Waals surface area contributed by atoms with Gasteiger partial charge in [0.05, 0.1) is 11.1 Å². The number of ether oxygens (including phenoxy) is 2. The van der Waals surface area contributed by atoms with Gasteiger partial charge in [0.2, 0.25) is 0 Å². The highest BCUT2D eigenvalue weighted by Crippen LogP contribution is 2.47. The van der Waals surface area contributed by atoms with E-state index in [9.17, 15) is 0 Å². The molecule has 4 heteroatoms. The van der Waals surface area contributed by atoms with Crippen molar-refractivity contribution in [1.29, 1.82) is 0 Å². The van der Waals surface area contributed by atoms with Crippen molar-refractivity contribution in [2.75, 3.05) is 27.4 Å².